The molecule has 0 saturated heterocycles. The van der Waals surface area contributed by atoms with Crippen LogP contribution >= 0.6 is 23.4 Å². The van der Waals surface area contributed by atoms with Crippen molar-refractivity contribution < 1.29 is 14.3 Å². The summed E-state index contributed by atoms with van der Waals surface area (Å²) < 4.78 is 4.90. The molecule has 0 saturated carbocycles. The summed E-state index contributed by atoms with van der Waals surface area (Å²) in [6.45, 7) is 2.86. The summed E-state index contributed by atoms with van der Waals surface area (Å²) in [6, 6.07) is 14.5. The highest BCUT2D eigenvalue weighted by atomic mass is 35.5. The van der Waals surface area contributed by atoms with E-state index in [1.54, 1.807) is 25.3 Å². The van der Waals surface area contributed by atoms with Gasteiger partial charge in [0.2, 0.25) is 5.91 Å². The second-order valence-electron chi connectivity index (χ2n) is 5.87. The third-order valence-corrected chi connectivity index (χ3v) is 5.16. The highest BCUT2D eigenvalue weighted by Gasteiger charge is 2.15. The fourth-order valence-corrected chi connectivity index (χ4v) is 3.38. The van der Waals surface area contributed by atoms with Gasteiger partial charge in [-0.1, -0.05) is 35.9 Å². The van der Waals surface area contributed by atoms with Gasteiger partial charge in [0.1, 0.15) is 0 Å². The first-order valence-corrected chi connectivity index (χ1v) is 9.91. The van der Waals surface area contributed by atoms with Gasteiger partial charge in [-0.3, -0.25) is 9.59 Å². The summed E-state index contributed by atoms with van der Waals surface area (Å²) in [7, 11) is 1.58. The summed E-state index contributed by atoms with van der Waals surface area (Å²) in [5.41, 5.74) is 1.52. The average molecular weight is 407 g/mol. The fraction of sp³-hybridized carbons (Fsp3) is 0.300. The van der Waals surface area contributed by atoms with Crippen LogP contribution in [0.15, 0.2) is 53.4 Å². The fourth-order valence-electron chi connectivity index (χ4n) is 2.38. The molecular weight excluding hydrogens is 384 g/mol. The lowest BCUT2D eigenvalue weighted by atomic mass is 10.1. The monoisotopic (exact) mass is 406 g/mol. The number of ether oxygens (including phenoxy) is 1. The Morgan fingerprint density at radius 1 is 1.15 bits per heavy atom. The van der Waals surface area contributed by atoms with Crippen LogP contribution < -0.4 is 10.6 Å². The Labute approximate surface area is 168 Å². The number of amides is 2. The van der Waals surface area contributed by atoms with E-state index in [0.717, 1.165) is 10.5 Å². The van der Waals surface area contributed by atoms with E-state index in [4.69, 9.17) is 16.3 Å². The Morgan fingerprint density at radius 3 is 2.56 bits per heavy atom. The van der Waals surface area contributed by atoms with Crippen LogP contribution in [0.1, 0.15) is 28.9 Å². The van der Waals surface area contributed by atoms with Crippen molar-refractivity contribution in [1.82, 2.24) is 10.6 Å². The van der Waals surface area contributed by atoms with Crippen LogP contribution in [0.3, 0.4) is 0 Å². The molecule has 0 aromatic heterocycles. The van der Waals surface area contributed by atoms with Crippen LogP contribution in [0, 0.1) is 0 Å². The number of halogens is 1. The second-order valence-corrected chi connectivity index (χ2v) is 7.33. The maximum Gasteiger partial charge on any atom is 0.252 e. The van der Waals surface area contributed by atoms with Crippen molar-refractivity contribution in [3.8, 4) is 0 Å². The molecule has 2 aromatic carbocycles. The molecule has 5 nitrogen and oxygen atoms in total. The predicted octanol–water partition coefficient (Wildman–Crippen LogP) is 3.69. The molecule has 27 heavy (non-hydrogen) atoms. The summed E-state index contributed by atoms with van der Waals surface area (Å²) in [5.74, 6) is -0.0390. The van der Waals surface area contributed by atoms with Gasteiger partial charge in [-0.2, -0.15) is 0 Å². The Bertz CT molecular complexity index is 768. The van der Waals surface area contributed by atoms with Gasteiger partial charge in [0.25, 0.3) is 5.91 Å². The lowest BCUT2D eigenvalue weighted by Gasteiger charge is -2.16. The van der Waals surface area contributed by atoms with Gasteiger partial charge in [0.15, 0.2) is 0 Å². The SMILES string of the molecule is COCCNC(=O)CSc1ccccc1C(=O)NC(C)c1ccc(Cl)cc1. The Hall–Kier alpha value is -2.02. The average Bonchev–Trinajstić information content (AvgIpc) is 2.67. The highest BCUT2D eigenvalue weighted by Crippen LogP contribution is 2.23. The summed E-state index contributed by atoms with van der Waals surface area (Å²) in [6.07, 6.45) is 0. The molecule has 1 atom stereocenters. The zero-order valence-electron chi connectivity index (χ0n) is 15.3. The molecule has 0 radical (unpaired) electrons. The van der Waals surface area contributed by atoms with Crippen LogP contribution in [0.25, 0.3) is 0 Å². The Morgan fingerprint density at radius 2 is 1.85 bits per heavy atom. The van der Waals surface area contributed by atoms with Gasteiger partial charge in [-0.15, -0.1) is 11.8 Å². The molecule has 0 aliphatic carbocycles. The van der Waals surface area contributed by atoms with Crippen LogP contribution in [-0.2, 0) is 9.53 Å². The molecule has 2 rings (SSSR count). The van der Waals surface area contributed by atoms with Crippen molar-refractivity contribution in [2.24, 2.45) is 0 Å². The van der Waals surface area contributed by atoms with Crippen molar-refractivity contribution >= 4 is 35.2 Å². The Balaban J connectivity index is 1.98. The number of nitrogens with one attached hydrogen (secondary N) is 2. The van der Waals surface area contributed by atoms with E-state index in [0.29, 0.717) is 23.7 Å². The quantitative estimate of drug-likeness (QED) is 0.492. The maximum atomic E-state index is 12.7. The van der Waals surface area contributed by atoms with E-state index in [2.05, 4.69) is 10.6 Å². The third kappa shape index (κ3) is 6.90. The normalized spacial score (nSPS) is 11.7. The molecule has 0 aliphatic rings. The van der Waals surface area contributed by atoms with Gasteiger partial charge in [0, 0.05) is 23.6 Å². The molecule has 1 unspecified atom stereocenters. The van der Waals surface area contributed by atoms with Crippen molar-refractivity contribution in [2.75, 3.05) is 26.0 Å². The number of benzene rings is 2. The molecule has 0 fully saturated rings. The van der Waals surface area contributed by atoms with Crippen LogP contribution in [0.2, 0.25) is 5.02 Å². The smallest absolute Gasteiger partial charge is 0.252 e. The first-order valence-electron chi connectivity index (χ1n) is 8.55. The van der Waals surface area contributed by atoms with E-state index in [1.165, 1.54) is 11.8 Å². The van der Waals surface area contributed by atoms with Gasteiger partial charge in [0.05, 0.1) is 24.0 Å². The minimum Gasteiger partial charge on any atom is -0.383 e. The summed E-state index contributed by atoms with van der Waals surface area (Å²) >= 11 is 7.24. The lowest BCUT2D eigenvalue weighted by molar-refractivity contribution is -0.118. The van der Waals surface area contributed by atoms with Gasteiger partial charge in [-0.25, -0.2) is 0 Å². The number of hydrogen-bond donors (Lipinski definition) is 2. The minimum atomic E-state index is -0.180. The number of carbonyl (C=O) groups excluding carboxylic acids is 2. The third-order valence-electron chi connectivity index (χ3n) is 3.84. The van der Waals surface area contributed by atoms with Crippen LogP contribution in [-0.4, -0.2) is 37.8 Å². The van der Waals surface area contributed by atoms with Gasteiger partial charge in [-0.05, 0) is 36.8 Å². The number of thioether (sulfide) groups is 1. The van der Waals surface area contributed by atoms with E-state index < -0.39 is 0 Å². The van der Waals surface area contributed by atoms with Gasteiger partial charge >= 0.3 is 0 Å². The molecule has 0 bridgehead atoms. The molecular formula is C20H23ClN2O3S. The van der Waals surface area contributed by atoms with Crippen LogP contribution in [0.4, 0.5) is 0 Å². The van der Waals surface area contributed by atoms with E-state index in [1.807, 2.05) is 37.3 Å². The van der Waals surface area contributed by atoms with Crippen molar-refractivity contribution in [3.05, 3.63) is 64.7 Å². The minimum absolute atomic E-state index is 0.0956. The van der Waals surface area contributed by atoms with Crippen molar-refractivity contribution in [2.45, 2.75) is 17.9 Å². The molecule has 0 spiro atoms. The summed E-state index contributed by atoms with van der Waals surface area (Å²) in [4.78, 5) is 25.3. The number of methoxy groups -OCH3 is 1. The standard InChI is InChI=1S/C20H23ClN2O3S/c1-14(15-7-9-16(21)10-8-15)23-20(25)17-5-3-4-6-18(17)27-13-19(24)22-11-12-26-2/h3-10,14H,11-13H2,1-2H3,(H,22,24)(H,23,25). The zero-order chi connectivity index (χ0) is 19.6. The highest BCUT2D eigenvalue weighted by molar-refractivity contribution is 8.00. The lowest BCUT2D eigenvalue weighted by Crippen LogP contribution is -2.29. The topological polar surface area (TPSA) is 67.4 Å². The van der Waals surface area contributed by atoms with Crippen molar-refractivity contribution in [1.29, 1.82) is 0 Å². The number of rotatable bonds is 9. The van der Waals surface area contributed by atoms with E-state index in [-0.39, 0.29) is 23.6 Å². The van der Waals surface area contributed by atoms with Crippen molar-refractivity contribution in [3.63, 3.8) is 0 Å². The Kier molecular flexibility index (Phi) is 8.64. The zero-order valence-corrected chi connectivity index (χ0v) is 16.9. The first kappa shape index (κ1) is 21.3. The number of hydrogen-bond acceptors (Lipinski definition) is 4. The van der Waals surface area contributed by atoms with E-state index in [9.17, 15) is 9.59 Å². The van der Waals surface area contributed by atoms with Gasteiger partial charge < -0.3 is 15.4 Å². The van der Waals surface area contributed by atoms with E-state index >= 15 is 0 Å². The molecule has 2 aromatic rings. The predicted molar refractivity (Wildman–Crippen MR) is 109 cm³/mol. The summed E-state index contributed by atoms with van der Waals surface area (Å²) in [5, 5.41) is 6.41. The second kappa shape index (κ2) is 11.0. The molecule has 144 valence electrons. The molecule has 7 heteroatoms. The first-order chi connectivity index (χ1) is 13.0. The number of carbonyl (C=O) groups is 2. The largest absolute Gasteiger partial charge is 0.383 e. The van der Waals surface area contributed by atoms with Crippen LogP contribution in [0.5, 0.6) is 0 Å². The molecule has 0 heterocycles. The molecule has 0 aliphatic heterocycles. The maximum absolute atomic E-state index is 12.7. The molecule has 2 amide bonds. The molecule has 2 N–H and O–H groups in total.